The van der Waals surface area contributed by atoms with Crippen molar-refractivity contribution in [2.45, 2.75) is 6.54 Å². The lowest BCUT2D eigenvalue weighted by Crippen LogP contribution is -2.40. The molecule has 2 N–H and O–H groups in total. The molecule has 0 aliphatic rings. The molecular weight excluding hydrogens is 368 g/mol. The van der Waals surface area contributed by atoms with Crippen molar-refractivity contribution in [1.82, 2.24) is 10.2 Å². The minimum Gasteiger partial charge on any atom is -0.349 e. The van der Waals surface area contributed by atoms with Crippen LogP contribution in [0.5, 0.6) is 0 Å². The minimum absolute atomic E-state index is 0.123. The van der Waals surface area contributed by atoms with Crippen LogP contribution in [0.15, 0.2) is 64.1 Å². The third-order valence-corrected chi connectivity index (χ3v) is 3.69. The zero-order valence-corrected chi connectivity index (χ0v) is 15.4. The number of benzene rings is 2. The van der Waals surface area contributed by atoms with Gasteiger partial charge >= 0.3 is 0 Å². The van der Waals surface area contributed by atoms with Crippen molar-refractivity contribution >= 4 is 33.5 Å². The van der Waals surface area contributed by atoms with Crippen LogP contribution >= 0.6 is 15.9 Å². The maximum Gasteiger partial charge on any atom is 0.243 e. The van der Waals surface area contributed by atoms with E-state index in [0.29, 0.717) is 12.5 Å². The lowest BCUT2D eigenvalue weighted by atomic mass is 10.2. The van der Waals surface area contributed by atoms with Crippen LogP contribution in [0.3, 0.4) is 0 Å². The molecule has 5 nitrogen and oxygen atoms in total. The first-order valence-electron chi connectivity index (χ1n) is 7.59. The molecule has 2 aromatic carbocycles. The highest BCUT2D eigenvalue weighted by Gasteiger charge is 2.06. The molecule has 126 valence electrons. The van der Waals surface area contributed by atoms with Crippen molar-refractivity contribution in [2.75, 3.05) is 26.0 Å². The Bertz CT molecular complexity index is 701. The topological polar surface area (TPSA) is 56.7 Å². The number of nitrogens with zero attached hydrogens (tertiary/aromatic N) is 2. The first kappa shape index (κ1) is 18.0. The van der Waals surface area contributed by atoms with Crippen molar-refractivity contribution in [3.8, 4) is 0 Å². The van der Waals surface area contributed by atoms with Crippen LogP contribution in [0.2, 0.25) is 0 Å². The third-order valence-electron chi connectivity index (χ3n) is 3.19. The molecule has 0 heterocycles. The fourth-order valence-corrected chi connectivity index (χ4v) is 2.44. The van der Waals surface area contributed by atoms with Crippen LogP contribution in [0, 0.1) is 0 Å². The Labute approximate surface area is 150 Å². The van der Waals surface area contributed by atoms with E-state index >= 15 is 0 Å². The second-order valence-corrected chi connectivity index (χ2v) is 6.35. The zero-order chi connectivity index (χ0) is 17.4. The van der Waals surface area contributed by atoms with Gasteiger partial charge in [0.2, 0.25) is 5.91 Å². The summed E-state index contributed by atoms with van der Waals surface area (Å²) < 4.78 is 0.923. The van der Waals surface area contributed by atoms with Gasteiger partial charge in [0.1, 0.15) is 0 Å². The molecule has 0 saturated carbocycles. The number of halogens is 1. The number of guanidine groups is 1. The highest BCUT2D eigenvalue weighted by Crippen LogP contribution is 2.15. The van der Waals surface area contributed by atoms with Crippen LogP contribution in [0.4, 0.5) is 5.69 Å². The highest BCUT2D eigenvalue weighted by atomic mass is 79.9. The lowest BCUT2D eigenvalue weighted by molar-refractivity contribution is -0.115. The number of aliphatic imine (C=N–C) groups is 1. The van der Waals surface area contributed by atoms with Gasteiger partial charge in [-0.05, 0) is 23.8 Å². The Kier molecular flexibility index (Phi) is 6.81. The van der Waals surface area contributed by atoms with E-state index in [4.69, 9.17) is 0 Å². The number of rotatable bonds is 5. The number of amides is 1. The number of hydrogen-bond acceptors (Lipinski definition) is 2. The van der Waals surface area contributed by atoms with E-state index in [9.17, 15) is 4.79 Å². The van der Waals surface area contributed by atoms with E-state index < -0.39 is 0 Å². The summed E-state index contributed by atoms with van der Waals surface area (Å²) in [5, 5.41) is 5.92. The normalized spacial score (nSPS) is 11.0. The molecule has 2 aromatic rings. The molecule has 0 atom stereocenters. The van der Waals surface area contributed by atoms with Crippen molar-refractivity contribution in [3.05, 3.63) is 64.6 Å². The van der Waals surface area contributed by atoms with Gasteiger partial charge in [0.15, 0.2) is 5.96 Å². The summed E-state index contributed by atoms with van der Waals surface area (Å²) in [6, 6.07) is 17.5. The summed E-state index contributed by atoms with van der Waals surface area (Å²) in [6.07, 6.45) is 0. The van der Waals surface area contributed by atoms with E-state index in [1.807, 2.05) is 73.6 Å². The molecule has 0 aliphatic carbocycles. The molecule has 2 rings (SSSR count). The second-order valence-electron chi connectivity index (χ2n) is 5.43. The molecule has 0 saturated heterocycles. The van der Waals surface area contributed by atoms with Crippen LogP contribution < -0.4 is 10.6 Å². The van der Waals surface area contributed by atoms with Gasteiger partial charge < -0.3 is 15.5 Å². The van der Waals surface area contributed by atoms with E-state index in [1.165, 1.54) is 0 Å². The molecule has 0 aromatic heterocycles. The molecule has 0 aliphatic heterocycles. The summed E-state index contributed by atoms with van der Waals surface area (Å²) in [7, 11) is 3.78. The third kappa shape index (κ3) is 6.04. The van der Waals surface area contributed by atoms with Crippen LogP contribution in [-0.2, 0) is 11.3 Å². The monoisotopic (exact) mass is 388 g/mol. The fraction of sp³-hybridized carbons (Fsp3) is 0.222. The molecular formula is C18H21BrN4O. The molecule has 0 radical (unpaired) electrons. The van der Waals surface area contributed by atoms with Gasteiger partial charge in [-0.25, -0.2) is 4.99 Å². The van der Waals surface area contributed by atoms with Gasteiger partial charge in [0, 0.05) is 24.3 Å². The van der Waals surface area contributed by atoms with Gasteiger partial charge in [-0.1, -0.05) is 52.3 Å². The Morgan fingerprint density at radius 1 is 1.12 bits per heavy atom. The number of carbonyl (C=O) groups excluding carboxylic acids is 1. The first-order valence-corrected chi connectivity index (χ1v) is 8.39. The summed E-state index contributed by atoms with van der Waals surface area (Å²) in [6.45, 7) is 0.715. The van der Waals surface area contributed by atoms with E-state index in [0.717, 1.165) is 15.7 Å². The molecule has 0 fully saturated rings. The summed E-state index contributed by atoms with van der Waals surface area (Å²) in [5.41, 5.74) is 1.88. The number of nitrogens with one attached hydrogen (secondary N) is 2. The number of hydrogen-bond donors (Lipinski definition) is 2. The average molecular weight is 389 g/mol. The fourth-order valence-electron chi connectivity index (χ4n) is 2.04. The van der Waals surface area contributed by atoms with Crippen LogP contribution in [0.1, 0.15) is 5.56 Å². The molecule has 0 unspecified atom stereocenters. The number of anilines is 1. The van der Waals surface area contributed by atoms with Crippen LogP contribution in [-0.4, -0.2) is 37.4 Å². The van der Waals surface area contributed by atoms with E-state index in [2.05, 4.69) is 31.6 Å². The molecule has 1 amide bonds. The smallest absolute Gasteiger partial charge is 0.243 e. The summed E-state index contributed by atoms with van der Waals surface area (Å²) in [5.74, 6) is 0.547. The van der Waals surface area contributed by atoms with Crippen molar-refractivity contribution in [3.63, 3.8) is 0 Å². The second kappa shape index (κ2) is 9.08. The highest BCUT2D eigenvalue weighted by molar-refractivity contribution is 9.10. The average Bonchev–Trinajstić information content (AvgIpc) is 2.55. The van der Waals surface area contributed by atoms with E-state index in [1.54, 1.807) is 0 Å². The maximum absolute atomic E-state index is 12.1. The summed E-state index contributed by atoms with van der Waals surface area (Å²) in [4.78, 5) is 18.4. The van der Waals surface area contributed by atoms with Gasteiger partial charge in [-0.3, -0.25) is 4.79 Å². The molecule has 0 bridgehead atoms. The Morgan fingerprint density at radius 3 is 2.54 bits per heavy atom. The quantitative estimate of drug-likeness (QED) is 0.611. The Balaban J connectivity index is 1.90. The SMILES string of the molecule is CN(C)C(=NCc1ccccc1)NCC(=O)Nc1cccc(Br)c1. The predicted octanol–water partition coefficient (Wildman–Crippen LogP) is 3.10. The van der Waals surface area contributed by atoms with Gasteiger partial charge in [0.05, 0.1) is 13.1 Å². The maximum atomic E-state index is 12.1. The van der Waals surface area contributed by atoms with Gasteiger partial charge in [0.25, 0.3) is 0 Å². The minimum atomic E-state index is -0.123. The molecule has 0 spiro atoms. The Morgan fingerprint density at radius 2 is 1.88 bits per heavy atom. The first-order chi connectivity index (χ1) is 11.5. The van der Waals surface area contributed by atoms with Crippen molar-refractivity contribution < 1.29 is 4.79 Å². The van der Waals surface area contributed by atoms with Crippen LogP contribution in [0.25, 0.3) is 0 Å². The molecule has 6 heteroatoms. The van der Waals surface area contributed by atoms with Gasteiger partial charge in [-0.2, -0.15) is 0 Å². The Hall–Kier alpha value is -2.34. The predicted molar refractivity (Wildman–Crippen MR) is 102 cm³/mol. The molecule has 24 heavy (non-hydrogen) atoms. The zero-order valence-electron chi connectivity index (χ0n) is 13.8. The largest absolute Gasteiger partial charge is 0.349 e. The van der Waals surface area contributed by atoms with E-state index in [-0.39, 0.29) is 12.5 Å². The van der Waals surface area contributed by atoms with Crippen molar-refractivity contribution in [1.29, 1.82) is 0 Å². The lowest BCUT2D eigenvalue weighted by Gasteiger charge is -2.17. The number of carbonyl (C=O) groups is 1. The van der Waals surface area contributed by atoms with Crippen molar-refractivity contribution in [2.24, 2.45) is 4.99 Å². The summed E-state index contributed by atoms with van der Waals surface area (Å²) >= 11 is 3.38. The van der Waals surface area contributed by atoms with Gasteiger partial charge in [-0.15, -0.1) is 0 Å². The standard InChI is InChI=1S/C18H21BrN4O/c1-23(2)18(20-12-14-7-4-3-5-8-14)21-13-17(24)22-16-10-6-9-15(19)11-16/h3-11H,12-13H2,1-2H3,(H,20,21)(H,22,24).